The van der Waals surface area contributed by atoms with Crippen molar-refractivity contribution in [1.29, 1.82) is 0 Å². The molecular weight excluding hydrogens is 230 g/mol. The average molecular weight is 249 g/mol. The van der Waals surface area contributed by atoms with Crippen LogP contribution in [-0.4, -0.2) is 29.8 Å². The van der Waals surface area contributed by atoms with Gasteiger partial charge in [-0.25, -0.2) is 0 Å². The minimum Gasteiger partial charge on any atom is -0.468 e. The average Bonchev–Trinajstić information content (AvgIpc) is 2.46. The largest absolute Gasteiger partial charge is 0.468 e. The second-order valence-electron chi connectivity index (χ2n) is 4.61. The van der Waals surface area contributed by atoms with E-state index in [1.165, 1.54) is 39.2 Å². The van der Waals surface area contributed by atoms with Gasteiger partial charge in [0.05, 0.1) is 12.8 Å². The van der Waals surface area contributed by atoms with Gasteiger partial charge in [0.2, 0.25) is 0 Å². The summed E-state index contributed by atoms with van der Waals surface area (Å²) in [5.41, 5.74) is 1.07. The van der Waals surface area contributed by atoms with Gasteiger partial charge in [0.25, 0.3) is 0 Å². The van der Waals surface area contributed by atoms with Crippen LogP contribution in [0.4, 0.5) is 5.82 Å². The van der Waals surface area contributed by atoms with Crippen LogP contribution in [-0.2, 0) is 9.53 Å². The SMILES string of the molecule is COC(=O)CNc1ccc(C2CCCCC2)nn1. The predicted octanol–water partition coefficient (Wildman–Crippen LogP) is 2.11. The third-order valence-electron chi connectivity index (χ3n) is 3.35. The molecule has 1 aromatic rings. The topological polar surface area (TPSA) is 64.1 Å². The van der Waals surface area contributed by atoms with Crippen molar-refractivity contribution in [2.24, 2.45) is 0 Å². The van der Waals surface area contributed by atoms with Gasteiger partial charge in [0.15, 0.2) is 0 Å². The molecule has 1 heterocycles. The molecule has 1 aromatic heterocycles. The van der Waals surface area contributed by atoms with Gasteiger partial charge in [-0.1, -0.05) is 19.3 Å². The van der Waals surface area contributed by atoms with E-state index in [0.717, 1.165) is 5.69 Å². The maximum atomic E-state index is 11.0. The molecule has 1 aliphatic rings. The van der Waals surface area contributed by atoms with Crippen LogP contribution in [0.25, 0.3) is 0 Å². The first kappa shape index (κ1) is 12.8. The van der Waals surface area contributed by atoms with E-state index in [4.69, 9.17) is 0 Å². The van der Waals surface area contributed by atoms with Crippen molar-refractivity contribution in [3.05, 3.63) is 17.8 Å². The van der Waals surface area contributed by atoms with Crippen LogP contribution >= 0.6 is 0 Å². The summed E-state index contributed by atoms with van der Waals surface area (Å²) in [5.74, 6) is 0.856. The molecule has 0 aliphatic heterocycles. The van der Waals surface area contributed by atoms with Gasteiger partial charge >= 0.3 is 5.97 Å². The number of anilines is 1. The summed E-state index contributed by atoms with van der Waals surface area (Å²) in [6.07, 6.45) is 6.33. The number of aromatic nitrogens is 2. The number of ether oxygens (including phenoxy) is 1. The fourth-order valence-electron chi connectivity index (χ4n) is 2.29. The number of carbonyl (C=O) groups is 1. The lowest BCUT2D eigenvalue weighted by atomic mass is 9.87. The van der Waals surface area contributed by atoms with Crippen LogP contribution in [0.15, 0.2) is 12.1 Å². The van der Waals surface area contributed by atoms with Gasteiger partial charge < -0.3 is 10.1 Å². The highest BCUT2D eigenvalue weighted by Crippen LogP contribution is 2.31. The molecule has 1 saturated carbocycles. The van der Waals surface area contributed by atoms with Crippen molar-refractivity contribution >= 4 is 11.8 Å². The lowest BCUT2D eigenvalue weighted by molar-refractivity contribution is -0.138. The Balaban J connectivity index is 1.90. The van der Waals surface area contributed by atoms with Gasteiger partial charge in [-0.05, 0) is 25.0 Å². The first-order valence-electron chi connectivity index (χ1n) is 6.44. The zero-order valence-corrected chi connectivity index (χ0v) is 10.7. The normalized spacial score (nSPS) is 16.3. The molecule has 98 valence electrons. The van der Waals surface area contributed by atoms with Crippen molar-refractivity contribution in [3.63, 3.8) is 0 Å². The molecule has 5 nitrogen and oxygen atoms in total. The second kappa shape index (κ2) is 6.33. The Morgan fingerprint density at radius 1 is 1.33 bits per heavy atom. The maximum Gasteiger partial charge on any atom is 0.325 e. The van der Waals surface area contributed by atoms with E-state index < -0.39 is 0 Å². The minimum absolute atomic E-state index is 0.119. The molecule has 2 rings (SSSR count). The lowest BCUT2D eigenvalue weighted by Gasteiger charge is -2.20. The van der Waals surface area contributed by atoms with E-state index in [0.29, 0.717) is 11.7 Å². The minimum atomic E-state index is -0.312. The van der Waals surface area contributed by atoms with Crippen LogP contribution in [0, 0.1) is 0 Å². The van der Waals surface area contributed by atoms with Crippen molar-refractivity contribution in [2.75, 3.05) is 19.0 Å². The predicted molar refractivity (Wildman–Crippen MR) is 68.4 cm³/mol. The molecule has 1 fully saturated rings. The third kappa shape index (κ3) is 3.42. The van der Waals surface area contributed by atoms with E-state index in [-0.39, 0.29) is 12.5 Å². The molecule has 5 heteroatoms. The Bertz CT molecular complexity index is 386. The number of esters is 1. The molecule has 0 amide bonds. The molecule has 0 radical (unpaired) electrons. The van der Waals surface area contributed by atoms with E-state index in [2.05, 4.69) is 20.3 Å². The van der Waals surface area contributed by atoms with E-state index in [9.17, 15) is 4.79 Å². The molecule has 0 aromatic carbocycles. The van der Waals surface area contributed by atoms with Crippen LogP contribution in [0.3, 0.4) is 0 Å². The summed E-state index contributed by atoms with van der Waals surface area (Å²) in [6, 6.07) is 3.88. The zero-order chi connectivity index (χ0) is 12.8. The van der Waals surface area contributed by atoms with Gasteiger partial charge in [0, 0.05) is 5.92 Å². The smallest absolute Gasteiger partial charge is 0.325 e. The summed E-state index contributed by atoms with van der Waals surface area (Å²) in [7, 11) is 1.36. The van der Waals surface area contributed by atoms with Crippen LogP contribution in [0.2, 0.25) is 0 Å². The highest BCUT2D eigenvalue weighted by molar-refractivity contribution is 5.74. The number of rotatable bonds is 4. The van der Waals surface area contributed by atoms with Crippen molar-refractivity contribution in [3.8, 4) is 0 Å². The molecular formula is C13H19N3O2. The van der Waals surface area contributed by atoms with Gasteiger partial charge in [0.1, 0.15) is 12.4 Å². The van der Waals surface area contributed by atoms with Crippen LogP contribution in [0.5, 0.6) is 0 Å². The number of carbonyl (C=O) groups excluding carboxylic acids is 1. The molecule has 18 heavy (non-hydrogen) atoms. The molecule has 0 atom stereocenters. The molecule has 0 spiro atoms. The van der Waals surface area contributed by atoms with Gasteiger partial charge in [-0.2, -0.15) is 5.10 Å². The Kier molecular flexibility index (Phi) is 4.50. The molecule has 1 N–H and O–H groups in total. The molecule has 0 saturated heterocycles. The second-order valence-corrected chi connectivity index (χ2v) is 4.61. The Morgan fingerprint density at radius 2 is 2.11 bits per heavy atom. The molecule has 0 bridgehead atoms. The highest BCUT2D eigenvalue weighted by Gasteiger charge is 2.16. The summed E-state index contributed by atoms with van der Waals surface area (Å²) in [6.45, 7) is 0.119. The van der Waals surface area contributed by atoms with Gasteiger partial charge in [-0.15, -0.1) is 5.10 Å². The monoisotopic (exact) mass is 249 g/mol. The summed E-state index contributed by atoms with van der Waals surface area (Å²) in [5, 5.41) is 11.2. The van der Waals surface area contributed by atoms with Crippen LogP contribution in [0.1, 0.15) is 43.7 Å². The zero-order valence-electron chi connectivity index (χ0n) is 10.7. The number of methoxy groups -OCH3 is 1. The standard InChI is InChI=1S/C13H19N3O2/c1-18-13(17)9-14-12-8-7-11(15-16-12)10-5-3-2-4-6-10/h7-8,10H,2-6,9H2,1H3,(H,14,16). The van der Waals surface area contributed by atoms with E-state index in [1.54, 1.807) is 0 Å². The maximum absolute atomic E-state index is 11.0. The van der Waals surface area contributed by atoms with Crippen LogP contribution < -0.4 is 5.32 Å². The summed E-state index contributed by atoms with van der Waals surface area (Å²) < 4.78 is 4.54. The van der Waals surface area contributed by atoms with Crippen molar-refractivity contribution in [2.45, 2.75) is 38.0 Å². The summed E-state index contributed by atoms with van der Waals surface area (Å²) >= 11 is 0. The Hall–Kier alpha value is -1.65. The highest BCUT2D eigenvalue weighted by atomic mass is 16.5. The van der Waals surface area contributed by atoms with Crippen molar-refractivity contribution < 1.29 is 9.53 Å². The van der Waals surface area contributed by atoms with Crippen molar-refractivity contribution in [1.82, 2.24) is 10.2 Å². The quantitative estimate of drug-likeness (QED) is 0.828. The lowest BCUT2D eigenvalue weighted by Crippen LogP contribution is -2.16. The molecule has 1 aliphatic carbocycles. The van der Waals surface area contributed by atoms with E-state index in [1.807, 2.05) is 12.1 Å². The fraction of sp³-hybridized carbons (Fsp3) is 0.615. The first-order valence-corrected chi connectivity index (χ1v) is 6.44. The first-order chi connectivity index (χ1) is 8.79. The number of hydrogen-bond donors (Lipinski definition) is 1. The fourth-order valence-corrected chi connectivity index (χ4v) is 2.29. The third-order valence-corrected chi connectivity index (χ3v) is 3.35. The number of hydrogen-bond acceptors (Lipinski definition) is 5. The Labute approximate surface area is 107 Å². The number of nitrogens with one attached hydrogen (secondary N) is 1. The Morgan fingerprint density at radius 3 is 2.72 bits per heavy atom. The summed E-state index contributed by atoms with van der Waals surface area (Å²) in [4.78, 5) is 11.0. The number of nitrogens with zero attached hydrogens (tertiary/aromatic N) is 2. The molecule has 0 unspecified atom stereocenters. The van der Waals surface area contributed by atoms with E-state index >= 15 is 0 Å². The van der Waals surface area contributed by atoms with Gasteiger partial charge in [-0.3, -0.25) is 4.79 Å².